The van der Waals surface area contributed by atoms with E-state index in [9.17, 15) is 10.1 Å². The molecule has 1 heterocycles. The van der Waals surface area contributed by atoms with Gasteiger partial charge in [0.2, 0.25) is 5.16 Å². The number of nitro benzene ring substituents is 1. The number of hydrogen-bond donors (Lipinski definition) is 0. The van der Waals surface area contributed by atoms with Crippen molar-refractivity contribution < 1.29 is 4.92 Å². The van der Waals surface area contributed by atoms with Crippen LogP contribution in [0.5, 0.6) is 0 Å². The lowest BCUT2D eigenvalue weighted by Crippen LogP contribution is -2.02. The largest absolute Gasteiger partial charge is 0.269 e. The van der Waals surface area contributed by atoms with Crippen LogP contribution in [0.25, 0.3) is 5.69 Å². The fourth-order valence-corrected chi connectivity index (χ4v) is 1.92. The minimum absolute atomic E-state index is 0.0713. The topological polar surface area (TPSA) is 73.8 Å². The molecule has 2 rings (SSSR count). The maximum Gasteiger partial charge on any atom is 0.269 e. The number of benzene rings is 1. The molecule has 7 heteroatoms. The number of nitrogens with zero attached hydrogens (tertiary/aromatic N) is 4. The van der Waals surface area contributed by atoms with Crippen molar-refractivity contribution in [2.75, 3.05) is 6.26 Å². The normalized spacial score (nSPS) is 10.6. The van der Waals surface area contributed by atoms with Crippen LogP contribution < -0.4 is 0 Å². The van der Waals surface area contributed by atoms with Crippen molar-refractivity contribution in [1.82, 2.24) is 14.8 Å². The summed E-state index contributed by atoms with van der Waals surface area (Å²) in [5, 5.41) is 15.6. The number of hydrogen-bond acceptors (Lipinski definition) is 5. The number of aryl methyl sites for hydroxylation is 1. The minimum Gasteiger partial charge on any atom is -0.258 e. The summed E-state index contributed by atoms with van der Waals surface area (Å²) >= 11 is 1.47. The Labute approximate surface area is 108 Å². The average Bonchev–Trinajstić information content (AvgIpc) is 2.82. The third-order valence-electron chi connectivity index (χ3n) is 2.46. The van der Waals surface area contributed by atoms with E-state index < -0.39 is 4.92 Å². The summed E-state index contributed by atoms with van der Waals surface area (Å²) in [7, 11) is 0. The monoisotopic (exact) mass is 264 g/mol. The van der Waals surface area contributed by atoms with Gasteiger partial charge in [-0.3, -0.25) is 10.1 Å². The summed E-state index contributed by atoms with van der Waals surface area (Å²) in [6, 6.07) is 6.29. The number of aromatic nitrogens is 3. The Bertz CT molecular complexity index is 565. The van der Waals surface area contributed by atoms with Gasteiger partial charge in [-0.05, 0) is 18.4 Å². The molecule has 1 aromatic carbocycles. The molecule has 0 bridgehead atoms. The van der Waals surface area contributed by atoms with Gasteiger partial charge < -0.3 is 0 Å². The molecule has 0 aliphatic heterocycles. The van der Waals surface area contributed by atoms with Crippen molar-refractivity contribution in [2.24, 2.45) is 0 Å². The summed E-state index contributed by atoms with van der Waals surface area (Å²) in [5.41, 5.74) is 0.854. The third kappa shape index (κ3) is 2.35. The Morgan fingerprint density at radius 3 is 2.56 bits per heavy atom. The van der Waals surface area contributed by atoms with Crippen molar-refractivity contribution in [3.63, 3.8) is 0 Å². The van der Waals surface area contributed by atoms with Crippen LogP contribution in [0.3, 0.4) is 0 Å². The van der Waals surface area contributed by atoms with Crippen LogP contribution >= 0.6 is 11.8 Å². The van der Waals surface area contributed by atoms with E-state index in [1.54, 1.807) is 16.8 Å². The van der Waals surface area contributed by atoms with Gasteiger partial charge in [0, 0.05) is 18.6 Å². The predicted octanol–water partition coefficient (Wildman–Crippen LogP) is 2.46. The van der Waals surface area contributed by atoms with Gasteiger partial charge in [-0.15, -0.1) is 5.10 Å². The van der Waals surface area contributed by atoms with Gasteiger partial charge in [0.25, 0.3) is 5.69 Å². The Morgan fingerprint density at radius 2 is 2.06 bits per heavy atom. The zero-order valence-electron chi connectivity index (χ0n) is 10.0. The van der Waals surface area contributed by atoms with Crippen molar-refractivity contribution in [1.29, 1.82) is 0 Å². The fourth-order valence-electron chi connectivity index (χ4n) is 1.56. The maximum absolute atomic E-state index is 10.6. The number of nitro groups is 1. The first-order chi connectivity index (χ1) is 8.65. The molecule has 2 aromatic rings. The summed E-state index contributed by atoms with van der Waals surface area (Å²) in [6.45, 7) is 2.00. The fraction of sp³-hybridized carbons (Fsp3) is 0.273. The number of non-ortho nitro benzene ring substituents is 1. The molecule has 0 spiro atoms. The quantitative estimate of drug-likeness (QED) is 0.482. The molecule has 0 saturated heterocycles. The third-order valence-corrected chi connectivity index (χ3v) is 3.00. The minimum atomic E-state index is -0.417. The molecule has 1 aromatic heterocycles. The molecular weight excluding hydrogens is 252 g/mol. The second kappa shape index (κ2) is 5.18. The van der Waals surface area contributed by atoms with Crippen molar-refractivity contribution in [3.05, 3.63) is 40.2 Å². The number of rotatable bonds is 4. The first-order valence-corrected chi connectivity index (χ1v) is 6.63. The van der Waals surface area contributed by atoms with Gasteiger partial charge in [-0.1, -0.05) is 18.7 Å². The summed E-state index contributed by atoms with van der Waals surface area (Å²) in [5.74, 6) is 0.841. The lowest BCUT2D eigenvalue weighted by atomic mass is 10.3. The van der Waals surface area contributed by atoms with Crippen LogP contribution in [0.2, 0.25) is 0 Å². The molecule has 0 fully saturated rings. The van der Waals surface area contributed by atoms with Crippen molar-refractivity contribution in [3.8, 4) is 5.69 Å². The highest BCUT2D eigenvalue weighted by molar-refractivity contribution is 7.98. The van der Waals surface area contributed by atoms with E-state index in [-0.39, 0.29) is 5.69 Å². The molecule has 94 valence electrons. The molecule has 0 saturated carbocycles. The highest BCUT2D eigenvalue weighted by Gasteiger charge is 2.11. The lowest BCUT2D eigenvalue weighted by Gasteiger charge is -2.03. The molecule has 0 unspecified atom stereocenters. The van der Waals surface area contributed by atoms with Gasteiger partial charge in [0.15, 0.2) is 0 Å². The predicted molar refractivity (Wildman–Crippen MR) is 69.2 cm³/mol. The molecule has 0 N–H and O–H groups in total. The Kier molecular flexibility index (Phi) is 3.61. The van der Waals surface area contributed by atoms with Gasteiger partial charge in [-0.25, -0.2) is 9.67 Å². The van der Waals surface area contributed by atoms with Gasteiger partial charge in [0.05, 0.1) is 10.6 Å². The van der Waals surface area contributed by atoms with Gasteiger partial charge in [-0.2, -0.15) is 0 Å². The van der Waals surface area contributed by atoms with E-state index >= 15 is 0 Å². The van der Waals surface area contributed by atoms with Crippen LogP contribution in [0.4, 0.5) is 5.69 Å². The van der Waals surface area contributed by atoms with Crippen molar-refractivity contribution >= 4 is 17.4 Å². The van der Waals surface area contributed by atoms with Crippen LogP contribution in [0, 0.1) is 10.1 Å². The number of thioether (sulfide) groups is 1. The van der Waals surface area contributed by atoms with E-state index in [1.807, 2.05) is 13.2 Å². The van der Waals surface area contributed by atoms with E-state index in [4.69, 9.17) is 0 Å². The van der Waals surface area contributed by atoms with Crippen LogP contribution in [-0.2, 0) is 6.42 Å². The SMILES string of the molecule is CCc1nc(SC)nn1-c1ccc([N+](=O)[O-])cc1. The molecule has 0 aliphatic carbocycles. The Morgan fingerprint density at radius 1 is 1.39 bits per heavy atom. The molecule has 6 nitrogen and oxygen atoms in total. The van der Waals surface area contributed by atoms with Crippen molar-refractivity contribution in [2.45, 2.75) is 18.5 Å². The maximum atomic E-state index is 10.6. The molecule has 0 radical (unpaired) electrons. The van der Waals surface area contributed by atoms with Gasteiger partial charge >= 0.3 is 0 Å². The summed E-state index contributed by atoms with van der Waals surface area (Å²) in [4.78, 5) is 14.5. The second-order valence-corrected chi connectivity index (χ2v) is 4.33. The highest BCUT2D eigenvalue weighted by Crippen LogP contribution is 2.18. The summed E-state index contributed by atoms with van der Waals surface area (Å²) in [6.07, 6.45) is 2.67. The van der Waals surface area contributed by atoms with Crippen LogP contribution in [0.15, 0.2) is 29.4 Å². The highest BCUT2D eigenvalue weighted by atomic mass is 32.2. The van der Waals surface area contributed by atoms with E-state index in [0.717, 1.165) is 17.9 Å². The van der Waals surface area contributed by atoms with E-state index in [1.165, 1.54) is 23.9 Å². The zero-order chi connectivity index (χ0) is 13.1. The van der Waals surface area contributed by atoms with Crippen LogP contribution in [0.1, 0.15) is 12.7 Å². The molecule has 0 atom stereocenters. The summed E-state index contributed by atoms with van der Waals surface area (Å²) < 4.78 is 1.72. The zero-order valence-corrected chi connectivity index (χ0v) is 10.8. The van der Waals surface area contributed by atoms with Gasteiger partial charge in [0.1, 0.15) is 5.82 Å². The van der Waals surface area contributed by atoms with E-state index in [2.05, 4.69) is 10.1 Å². The smallest absolute Gasteiger partial charge is 0.258 e. The second-order valence-electron chi connectivity index (χ2n) is 3.55. The molecule has 0 amide bonds. The lowest BCUT2D eigenvalue weighted by molar-refractivity contribution is -0.384. The molecule has 18 heavy (non-hydrogen) atoms. The first kappa shape index (κ1) is 12.6. The standard InChI is InChI=1S/C11H12N4O2S/c1-3-10-12-11(18-2)13-14(10)8-4-6-9(7-5-8)15(16)17/h4-7H,3H2,1-2H3. The van der Waals surface area contributed by atoms with Crippen LogP contribution in [-0.4, -0.2) is 25.9 Å². The molecule has 0 aliphatic rings. The Hall–Kier alpha value is -1.89. The van der Waals surface area contributed by atoms with E-state index in [0.29, 0.717) is 5.16 Å². The first-order valence-electron chi connectivity index (χ1n) is 5.40. The molecular formula is C11H12N4O2S. The Balaban J connectivity index is 2.41. The average molecular weight is 264 g/mol.